The summed E-state index contributed by atoms with van der Waals surface area (Å²) >= 11 is 0. The lowest BCUT2D eigenvalue weighted by Crippen LogP contribution is -2.43. The number of hydrogen-bond acceptors (Lipinski definition) is 7. The maximum Gasteiger partial charge on any atom is 0.323 e. The molecule has 4 atom stereocenters. The van der Waals surface area contributed by atoms with Crippen molar-refractivity contribution in [2.24, 2.45) is 4.99 Å². The van der Waals surface area contributed by atoms with E-state index >= 15 is 0 Å². The van der Waals surface area contributed by atoms with Gasteiger partial charge in [-0.25, -0.2) is 9.79 Å². The number of aliphatic hydroxyl groups excluding tert-OH is 3. The van der Waals surface area contributed by atoms with Gasteiger partial charge in [-0.2, -0.15) is 5.26 Å². The Morgan fingerprint density at radius 1 is 1.50 bits per heavy atom. The van der Waals surface area contributed by atoms with E-state index in [1.807, 2.05) is 19.9 Å². The Morgan fingerprint density at radius 3 is 2.68 bits per heavy atom. The number of nitriles is 1. The molecule has 0 unspecified atom stereocenters. The SMILES string of the molecule is CCN(CC)C(=O)NC(=NC=N)c1ccc([C@]2(C#N)O[C@H](CO)[C@@H](O)[C@H]2O)[nH]1. The van der Waals surface area contributed by atoms with Gasteiger partial charge in [-0.15, -0.1) is 0 Å². The molecule has 2 heterocycles. The average molecular weight is 392 g/mol. The molecule has 0 radical (unpaired) electrons. The summed E-state index contributed by atoms with van der Waals surface area (Å²) in [6.07, 6.45) is -3.42. The van der Waals surface area contributed by atoms with Crippen LogP contribution in [0.2, 0.25) is 0 Å². The molecule has 6 N–H and O–H groups in total. The summed E-state index contributed by atoms with van der Waals surface area (Å²) in [7, 11) is 0. The van der Waals surface area contributed by atoms with Gasteiger partial charge in [-0.3, -0.25) is 10.7 Å². The van der Waals surface area contributed by atoms with Crippen LogP contribution >= 0.6 is 0 Å². The summed E-state index contributed by atoms with van der Waals surface area (Å²) < 4.78 is 5.44. The molecule has 1 fully saturated rings. The maximum atomic E-state index is 12.3. The molecule has 11 nitrogen and oxygen atoms in total. The Balaban J connectivity index is 2.35. The second kappa shape index (κ2) is 8.94. The zero-order chi connectivity index (χ0) is 20.9. The van der Waals surface area contributed by atoms with E-state index in [9.17, 15) is 25.4 Å². The summed E-state index contributed by atoms with van der Waals surface area (Å²) in [5, 5.41) is 49.0. The summed E-state index contributed by atoms with van der Waals surface area (Å²) in [5.74, 6) is 0.0398. The fraction of sp³-hybridized carbons (Fsp3) is 0.529. The van der Waals surface area contributed by atoms with Crippen molar-refractivity contribution in [3.05, 3.63) is 23.5 Å². The Kier molecular flexibility index (Phi) is 6.87. The average Bonchev–Trinajstić information content (AvgIpc) is 3.27. The van der Waals surface area contributed by atoms with Gasteiger partial charge in [0, 0.05) is 13.1 Å². The molecule has 11 heteroatoms. The van der Waals surface area contributed by atoms with Gasteiger partial charge >= 0.3 is 6.03 Å². The molecule has 1 aliphatic rings. The highest BCUT2D eigenvalue weighted by Gasteiger charge is 2.56. The van der Waals surface area contributed by atoms with E-state index in [1.54, 1.807) is 0 Å². The molecular weight excluding hydrogens is 368 g/mol. The molecule has 28 heavy (non-hydrogen) atoms. The normalized spacial score (nSPS) is 27.3. The first kappa shape index (κ1) is 21.5. The van der Waals surface area contributed by atoms with Crippen LogP contribution in [0.1, 0.15) is 25.2 Å². The molecule has 152 valence electrons. The number of rotatable bonds is 6. The molecule has 0 aliphatic carbocycles. The number of nitrogens with one attached hydrogen (secondary N) is 3. The number of amidine groups is 1. The Hall–Kier alpha value is -2.78. The zero-order valence-electron chi connectivity index (χ0n) is 15.6. The van der Waals surface area contributed by atoms with Crippen LogP contribution < -0.4 is 5.32 Å². The first-order chi connectivity index (χ1) is 13.4. The van der Waals surface area contributed by atoms with Crippen molar-refractivity contribution in [2.75, 3.05) is 19.7 Å². The monoisotopic (exact) mass is 392 g/mol. The minimum absolute atomic E-state index is 0.0398. The molecule has 2 rings (SSSR count). The van der Waals surface area contributed by atoms with Crippen molar-refractivity contribution in [1.29, 1.82) is 10.7 Å². The van der Waals surface area contributed by atoms with E-state index in [-0.39, 0.29) is 17.2 Å². The van der Waals surface area contributed by atoms with Gasteiger partial charge in [0.2, 0.25) is 5.60 Å². The molecule has 0 aromatic carbocycles. The van der Waals surface area contributed by atoms with Gasteiger partial charge in [0.05, 0.1) is 18.0 Å². The molecule has 1 aliphatic heterocycles. The Bertz CT molecular complexity index is 783. The number of nitrogens with zero attached hydrogens (tertiary/aromatic N) is 3. The van der Waals surface area contributed by atoms with Crippen LogP contribution in [0.5, 0.6) is 0 Å². The van der Waals surface area contributed by atoms with Crippen molar-refractivity contribution in [1.82, 2.24) is 15.2 Å². The van der Waals surface area contributed by atoms with Gasteiger partial charge < -0.3 is 29.9 Å². The highest BCUT2D eigenvalue weighted by Crippen LogP contribution is 2.39. The van der Waals surface area contributed by atoms with Crippen LogP contribution in [0, 0.1) is 16.7 Å². The summed E-state index contributed by atoms with van der Waals surface area (Å²) in [4.78, 5) is 20.5. The van der Waals surface area contributed by atoms with Gasteiger partial charge in [-0.1, -0.05) is 0 Å². The minimum atomic E-state index is -1.93. The van der Waals surface area contributed by atoms with Crippen molar-refractivity contribution in [3.63, 3.8) is 0 Å². The second-order valence-corrected chi connectivity index (χ2v) is 6.12. The third-order valence-electron chi connectivity index (χ3n) is 4.62. The molecule has 2 amide bonds. The summed E-state index contributed by atoms with van der Waals surface area (Å²) in [6.45, 7) is 4.03. The standard InChI is InChI=1S/C17H24N6O5/c1-3-23(4-2)16(27)22-15(20-9-19)10-5-6-12(21-10)17(8-18)14(26)13(25)11(7-24)28-17/h5-6,9,11,13-14,21,24-26H,3-4,7H2,1-2H3,(H2,19,20,22,27)/t11-,13-,14-,17+/m1/s1. The second-order valence-electron chi connectivity index (χ2n) is 6.12. The van der Waals surface area contributed by atoms with E-state index in [0.717, 1.165) is 6.34 Å². The number of ether oxygens (including phenoxy) is 1. The number of urea groups is 1. The van der Waals surface area contributed by atoms with E-state index < -0.39 is 36.6 Å². The van der Waals surface area contributed by atoms with E-state index in [1.165, 1.54) is 17.0 Å². The Labute approximate surface area is 161 Å². The molecular formula is C17H24N6O5. The fourth-order valence-electron chi connectivity index (χ4n) is 3.02. The van der Waals surface area contributed by atoms with Crippen LogP contribution in [0.3, 0.4) is 0 Å². The molecule has 0 bridgehead atoms. The topological polar surface area (TPSA) is 178 Å². The molecule has 1 saturated heterocycles. The lowest BCUT2D eigenvalue weighted by molar-refractivity contribution is -0.0632. The zero-order valence-corrected chi connectivity index (χ0v) is 15.6. The summed E-state index contributed by atoms with van der Waals surface area (Å²) in [5.41, 5.74) is -1.54. The molecule has 1 aromatic heterocycles. The quantitative estimate of drug-likeness (QED) is 0.274. The number of H-pyrrole nitrogens is 1. The van der Waals surface area contributed by atoms with E-state index in [0.29, 0.717) is 13.1 Å². The predicted molar refractivity (Wildman–Crippen MR) is 98.8 cm³/mol. The highest BCUT2D eigenvalue weighted by atomic mass is 16.6. The highest BCUT2D eigenvalue weighted by molar-refractivity contribution is 6.08. The van der Waals surface area contributed by atoms with Crippen LogP contribution in [-0.2, 0) is 10.3 Å². The van der Waals surface area contributed by atoms with Crippen molar-refractivity contribution in [2.45, 2.75) is 37.8 Å². The minimum Gasteiger partial charge on any atom is -0.394 e. The van der Waals surface area contributed by atoms with Gasteiger partial charge in [0.1, 0.15) is 30.7 Å². The van der Waals surface area contributed by atoms with Gasteiger partial charge in [-0.05, 0) is 26.0 Å². The smallest absolute Gasteiger partial charge is 0.323 e. The van der Waals surface area contributed by atoms with Gasteiger partial charge in [0.15, 0.2) is 5.84 Å². The van der Waals surface area contributed by atoms with E-state index in [2.05, 4.69) is 15.3 Å². The number of hydrogen-bond donors (Lipinski definition) is 6. The first-order valence-corrected chi connectivity index (χ1v) is 8.77. The number of aromatic nitrogens is 1. The third-order valence-corrected chi connectivity index (χ3v) is 4.62. The molecule has 0 saturated carbocycles. The van der Waals surface area contributed by atoms with Crippen molar-refractivity contribution < 1.29 is 24.9 Å². The lowest BCUT2D eigenvalue weighted by Gasteiger charge is -2.23. The maximum absolute atomic E-state index is 12.3. The number of amides is 2. The largest absolute Gasteiger partial charge is 0.394 e. The number of aliphatic imine (C=N–C) groups is 1. The molecule has 0 spiro atoms. The Morgan fingerprint density at radius 2 is 2.18 bits per heavy atom. The van der Waals surface area contributed by atoms with Crippen LogP contribution in [0.15, 0.2) is 17.1 Å². The number of carbonyl (C=O) groups is 1. The van der Waals surface area contributed by atoms with Gasteiger partial charge in [0.25, 0.3) is 0 Å². The number of aromatic amines is 1. The molecule has 1 aromatic rings. The van der Waals surface area contributed by atoms with E-state index in [4.69, 9.17) is 10.1 Å². The first-order valence-electron chi connectivity index (χ1n) is 8.77. The van der Waals surface area contributed by atoms with Crippen LogP contribution in [0.4, 0.5) is 4.79 Å². The fourth-order valence-corrected chi connectivity index (χ4v) is 3.02. The number of aliphatic hydroxyl groups is 3. The summed E-state index contributed by atoms with van der Waals surface area (Å²) in [6, 6.07) is 4.37. The third kappa shape index (κ3) is 3.76. The van der Waals surface area contributed by atoms with Crippen LogP contribution in [0.25, 0.3) is 0 Å². The van der Waals surface area contributed by atoms with Crippen LogP contribution in [-0.4, -0.2) is 81.4 Å². The number of carbonyl (C=O) groups excluding carboxylic acids is 1. The predicted octanol–water partition coefficient (Wildman–Crippen LogP) is -0.748. The lowest BCUT2D eigenvalue weighted by atomic mass is 9.93. The van der Waals surface area contributed by atoms with Crippen molar-refractivity contribution in [3.8, 4) is 6.07 Å². The van der Waals surface area contributed by atoms with Crippen molar-refractivity contribution >= 4 is 18.2 Å².